The van der Waals surface area contributed by atoms with Gasteiger partial charge in [-0.05, 0) is 36.0 Å². The number of phenols is 1. The highest BCUT2D eigenvalue weighted by molar-refractivity contribution is 8.18. The van der Waals surface area contributed by atoms with Gasteiger partial charge in [-0.3, -0.25) is 14.9 Å². The van der Waals surface area contributed by atoms with Gasteiger partial charge in [-0.1, -0.05) is 0 Å². The molecule has 0 bridgehead atoms. The molecule has 0 aliphatic carbocycles. The van der Waals surface area contributed by atoms with E-state index in [1.54, 1.807) is 12.1 Å². The van der Waals surface area contributed by atoms with Gasteiger partial charge in [0.1, 0.15) is 23.1 Å². The summed E-state index contributed by atoms with van der Waals surface area (Å²) >= 11 is 0.773. The van der Waals surface area contributed by atoms with E-state index in [0.717, 1.165) is 17.8 Å². The summed E-state index contributed by atoms with van der Waals surface area (Å²) in [7, 11) is 0. The first-order valence-electron chi connectivity index (χ1n) is 5.86. The molecule has 0 unspecified atom stereocenters. The second kappa shape index (κ2) is 5.10. The molecule has 1 aromatic heterocycles. The lowest BCUT2D eigenvalue weighted by Crippen LogP contribution is -2.17. The maximum atomic E-state index is 13.7. The smallest absolute Gasteiger partial charge is 0.290 e. The Morgan fingerprint density at radius 3 is 2.71 bits per heavy atom. The molecule has 3 rings (SSSR count). The van der Waals surface area contributed by atoms with Crippen LogP contribution >= 0.6 is 11.8 Å². The van der Waals surface area contributed by atoms with Gasteiger partial charge in [-0.25, -0.2) is 4.39 Å². The molecule has 2 N–H and O–H groups in total. The molecule has 2 heterocycles. The van der Waals surface area contributed by atoms with Gasteiger partial charge in [-0.2, -0.15) is 0 Å². The number of carbonyl (C=O) groups is 2. The molecule has 0 atom stereocenters. The summed E-state index contributed by atoms with van der Waals surface area (Å²) in [6, 6.07) is 6.82. The molecule has 5 nitrogen and oxygen atoms in total. The molecule has 1 saturated heterocycles. The van der Waals surface area contributed by atoms with Gasteiger partial charge < -0.3 is 9.52 Å². The minimum Gasteiger partial charge on any atom is -0.508 e. The Bertz CT molecular complexity index is 781. The Morgan fingerprint density at radius 2 is 2.05 bits per heavy atom. The van der Waals surface area contributed by atoms with Crippen molar-refractivity contribution in [1.82, 2.24) is 5.32 Å². The van der Waals surface area contributed by atoms with Crippen molar-refractivity contribution < 1.29 is 23.5 Å². The number of hydrogen-bond donors (Lipinski definition) is 2. The lowest BCUT2D eigenvalue weighted by molar-refractivity contribution is -0.115. The van der Waals surface area contributed by atoms with Crippen molar-refractivity contribution in [3.8, 4) is 17.1 Å². The van der Waals surface area contributed by atoms with Crippen LogP contribution < -0.4 is 5.32 Å². The fourth-order valence-corrected chi connectivity index (χ4v) is 2.49. The number of aromatic hydroxyl groups is 1. The van der Waals surface area contributed by atoms with Gasteiger partial charge in [0.15, 0.2) is 0 Å². The van der Waals surface area contributed by atoms with Gasteiger partial charge in [0.25, 0.3) is 11.1 Å². The van der Waals surface area contributed by atoms with Crippen molar-refractivity contribution in [2.75, 3.05) is 0 Å². The number of hydrogen-bond acceptors (Lipinski definition) is 5. The molecule has 1 aromatic carbocycles. The van der Waals surface area contributed by atoms with Gasteiger partial charge in [-0.15, -0.1) is 0 Å². The highest BCUT2D eigenvalue weighted by Gasteiger charge is 2.25. The number of amides is 2. The Hall–Kier alpha value is -2.54. The summed E-state index contributed by atoms with van der Waals surface area (Å²) in [5.74, 6) is -0.702. The third-order valence-electron chi connectivity index (χ3n) is 2.76. The van der Waals surface area contributed by atoms with Crippen molar-refractivity contribution in [3.05, 3.63) is 46.8 Å². The van der Waals surface area contributed by atoms with Crippen LogP contribution in [0.1, 0.15) is 5.76 Å². The van der Waals surface area contributed by atoms with Crippen LogP contribution in [-0.2, 0) is 4.79 Å². The zero-order chi connectivity index (χ0) is 15.0. The van der Waals surface area contributed by atoms with Gasteiger partial charge in [0, 0.05) is 12.1 Å². The normalized spacial score (nSPS) is 16.5. The summed E-state index contributed by atoms with van der Waals surface area (Å²) in [4.78, 5) is 22.7. The highest BCUT2D eigenvalue weighted by Crippen LogP contribution is 2.30. The lowest BCUT2D eigenvalue weighted by Gasteiger charge is -1.99. The number of furan rings is 1. The molecule has 1 fully saturated rings. The van der Waals surface area contributed by atoms with E-state index in [2.05, 4.69) is 5.32 Å². The van der Waals surface area contributed by atoms with Crippen LogP contribution in [0.15, 0.2) is 39.7 Å². The quantitative estimate of drug-likeness (QED) is 0.833. The number of carbonyl (C=O) groups excluding carboxylic acids is 2. The van der Waals surface area contributed by atoms with Crippen molar-refractivity contribution in [3.63, 3.8) is 0 Å². The van der Waals surface area contributed by atoms with Crippen LogP contribution in [0.25, 0.3) is 17.4 Å². The van der Waals surface area contributed by atoms with Crippen LogP contribution in [-0.4, -0.2) is 16.3 Å². The Balaban J connectivity index is 1.92. The fourth-order valence-electron chi connectivity index (χ4n) is 1.83. The van der Waals surface area contributed by atoms with Gasteiger partial charge in [0.2, 0.25) is 0 Å². The monoisotopic (exact) mass is 305 g/mol. The molecule has 106 valence electrons. The van der Waals surface area contributed by atoms with Crippen molar-refractivity contribution >= 4 is 29.0 Å². The second-order valence-electron chi connectivity index (χ2n) is 4.22. The number of phenolic OH excluding ortho intramolecular Hbond substituents is 1. The molecule has 21 heavy (non-hydrogen) atoms. The summed E-state index contributed by atoms with van der Waals surface area (Å²) in [6.07, 6.45) is 1.41. The van der Waals surface area contributed by atoms with Gasteiger partial charge >= 0.3 is 0 Å². The molecule has 7 heteroatoms. The van der Waals surface area contributed by atoms with E-state index in [1.165, 1.54) is 18.2 Å². The van der Waals surface area contributed by atoms with Crippen LogP contribution in [0.2, 0.25) is 0 Å². The second-order valence-corrected chi connectivity index (χ2v) is 5.23. The minimum absolute atomic E-state index is 0.178. The number of benzene rings is 1. The number of thioether (sulfide) groups is 1. The third-order valence-corrected chi connectivity index (χ3v) is 3.57. The summed E-state index contributed by atoms with van der Waals surface area (Å²) in [6.45, 7) is 0. The Morgan fingerprint density at radius 1 is 1.24 bits per heavy atom. The first kappa shape index (κ1) is 13.4. The Kier molecular flexibility index (Phi) is 3.26. The number of rotatable bonds is 2. The van der Waals surface area contributed by atoms with Crippen LogP contribution in [0, 0.1) is 5.82 Å². The first-order chi connectivity index (χ1) is 10.0. The van der Waals surface area contributed by atoms with E-state index in [4.69, 9.17) is 4.42 Å². The lowest BCUT2D eigenvalue weighted by atomic mass is 10.1. The predicted molar refractivity (Wildman–Crippen MR) is 74.9 cm³/mol. The molecule has 2 aromatic rings. The van der Waals surface area contributed by atoms with E-state index < -0.39 is 17.0 Å². The van der Waals surface area contributed by atoms with Crippen LogP contribution in [0.5, 0.6) is 5.75 Å². The molecule has 0 spiro atoms. The molecule has 1 aliphatic rings. The average molecular weight is 305 g/mol. The van der Waals surface area contributed by atoms with Crippen molar-refractivity contribution in [2.24, 2.45) is 0 Å². The largest absolute Gasteiger partial charge is 0.508 e. The SMILES string of the molecule is O=C1NC(=O)/C(=C/c2ccc(-c3ccc(O)cc3F)o2)S1. The van der Waals surface area contributed by atoms with Gasteiger partial charge in [0.05, 0.1) is 10.5 Å². The summed E-state index contributed by atoms with van der Waals surface area (Å²) in [5, 5.41) is 10.9. The van der Waals surface area contributed by atoms with E-state index in [1.807, 2.05) is 0 Å². The maximum absolute atomic E-state index is 13.7. The van der Waals surface area contributed by atoms with E-state index in [9.17, 15) is 19.1 Å². The van der Waals surface area contributed by atoms with Crippen LogP contribution in [0.3, 0.4) is 0 Å². The summed E-state index contributed by atoms with van der Waals surface area (Å²) < 4.78 is 19.1. The van der Waals surface area contributed by atoms with Crippen molar-refractivity contribution in [2.45, 2.75) is 0 Å². The molecule has 0 saturated carbocycles. The molecule has 1 aliphatic heterocycles. The average Bonchev–Trinajstić information content (AvgIpc) is 2.97. The van der Waals surface area contributed by atoms with E-state index in [-0.39, 0.29) is 22.0 Å². The number of imide groups is 1. The molecule has 2 amide bonds. The molecular weight excluding hydrogens is 297 g/mol. The molecule has 0 radical (unpaired) electrons. The van der Waals surface area contributed by atoms with E-state index in [0.29, 0.717) is 5.76 Å². The predicted octanol–water partition coefficient (Wildman–Crippen LogP) is 3.12. The van der Waals surface area contributed by atoms with Crippen molar-refractivity contribution in [1.29, 1.82) is 0 Å². The fraction of sp³-hybridized carbons (Fsp3) is 0. The third kappa shape index (κ3) is 2.68. The zero-order valence-electron chi connectivity index (χ0n) is 10.4. The first-order valence-corrected chi connectivity index (χ1v) is 6.68. The van der Waals surface area contributed by atoms with E-state index >= 15 is 0 Å². The zero-order valence-corrected chi connectivity index (χ0v) is 11.2. The Labute approximate surface area is 122 Å². The number of nitrogens with one attached hydrogen (secondary N) is 1. The minimum atomic E-state index is -0.619. The van der Waals surface area contributed by atoms with Crippen LogP contribution in [0.4, 0.5) is 9.18 Å². The standard InChI is InChI=1S/C14H8FNO4S/c15-10-5-7(17)1-3-9(10)11-4-2-8(20-11)6-12-13(18)16-14(19)21-12/h1-6,17H,(H,16,18,19)/b12-6-. The summed E-state index contributed by atoms with van der Waals surface area (Å²) in [5.41, 5.74) is 0.192. The topological polar surface area (TPSA) is 79.5 Å². The number of halogens is 1. The maximum Gasteiger partial charge on any atom is 0.290 e. The molecular formula is C14H8FNO4S. The highest BCUT2D eigenvalue weighted by atomic mass is 32.2.